The van der Waals surface area contributed by atoms with Crippen LogP contribution in [0.3, 0.4) is 0 Å². The van der Waals surface area contributed by atoms with Crippen LogP contribution < -0.4 is 0 Å². The molecule has 0 unspecified atom stereocenters. The highest BCUT2D eigenvalue weighted by Crippen LogP contribution is 2.56. The molecule has 0 aliphatic carbocycles. The maximum atomic E-state index is 4.57. The smallest absolute Gasteiger partial charge is 0.124 e. The number of fused-ring (bicyclic) bond motifs is 1. The minimum absolute atomic E-state index is 1.03. The first-order valence-corrected chi connectivity index (χ1v) is 10.6. The molecule has 0 radical (unpaired) electrons. The van der Waals surface area contributed by atoms with Gasteiger partial charge in [-0.2, -0.15) is 8.73 Å². The average Bonchev–Trinajstić information content (AvgIpc) is 3.27. The Morgan fingerprint density at radius 2 is 1.46 bits per heavy atom. The van der Waals surface area contributed by atoms with Gasteiger partial charge in [0.1, 0.15) is 11.4 Å². The molecule has 1 aliphatic heterocycles. The molecule has 24 heavy (non-hydrogen) atoms. The second-order valence-corrected chi connectivity index (χ2v) is 9.43. The highest BCUT2D eigenvalue weighted by molar-refractivity contribution is 7.58. The highest BCUT2D eigenvalue weighted by Gasteiger charge is 2.25. The second kappa shape index (κ2) is 6.08. The molecule has 0 saturated carbocycles. The molecule has 0 fully saturated rings. The molecule has 120 valence electrons. The van der Waals surface area contributed by atoms with E-state index in [0.717, 1.165) is 16.3 Å². The van der Waals surface area contributed by atoms with Crippen molar-refractivity contribution in [1.29, 1.82) is 0 Å². The molecule has 0 atom stereocenters. The van der Waals surface area contributed by atoms with Crippen LogP contribution in [0.2, 0.25) is 0 Å². The number of rotatable bonds is 2. The monoisotopic (exact) mass is 386 g/mol. The van der Waals surface area contributed by atoms with Crippen molar-refractivity contribution in [2.75, 3.05) is 0 Å². The van der Waals surface area contributed by atoms with Crippen LogP contribution in [0.25, 0.3) is 19.5 Å². The lowest BCUT2D eigenvalue weighted by Gasteiger charge is -1.91. The molecule has 0 amide bonds. The van der Waals surface area contributed by atoms with Gasteiger partial charge in [0.2, 0.25) is 0 Å². The molecular weight excluding hydrogens is 372 g/mol. The fourth-order valence-electron chi connectivity index (χ4n) is 2.54. The molecule has 4 rings (SSSR count). The largest absolute Gasteiger partial charge is 0.171 e. The van der Waals surface area contributed by atoms with E-state index in [-0.39, 0.29) is 0 Å². The van der Waals surface area contributed by atoms with Crippen LogP contribution in [0.15, 0.2) is 20.9 Å². The molecule has 2 nitrogen and oxygen atoms in total. The lowest BCUT2D eigenvalue weighted by Crippen LogP contribution is -1.67. The van der Waals surface area contributed by atoms with Crippen LogP contribution in [-0.4, -0.2) is 0 Å². The summed E-state index contributed by atoms with van der Waals surface area (Å²) in [5, 5.41) is 0. The fraction of sp³-hybridized carbons (Fsp3) is 0.222. The third-order valence-electron chi connectivity index (χ3n) is 3.89. The lowest BCUT2D eigenvalue weighted by atomic mass is 10.2. The summed E-state index contributed by atoms with van der Waals surface area (Å²) >= 11 is 6.69. The number of nitrogens with zero attached hydrogens (tertiary/aromatic N) is 2. The van der Waals surface area contributed by atoms with Gasteiger partial charge >= 0.3 is 0 Å². The van der Waals surface area contributed by atoms with E-state index in [9.17, 15) is 0 Å². The van der Waals surface area contributed by atoms with Gasteiger partial charge in [0, 0.05) is 14.6 Å². The van der Waals surface area contributed by atoms with E-state index >= 15 is 0 Å². The van der Waals surface area contributed by atoms with E-state index in [1.807, 2.05) is 18.3 Å². The Hall–Kier alpha value is -1.52. The van der Waals surface area contributed by atoms with E-state index in [1.54, 1.807) is 22.7 Å². The van der Waals surface area contributed by atoms with Crippen molar-refractivity contribution in [2.45, 2.75) is 27.7 Å². The summed E-state index contributed by atoms with van der Waals surface area (Å²) in [7, 11) is 0. The number of hydrogen-bond acceptors (Lipinski definition) is 5. The zero-order valence-corrected chi connectivity index (χ0v) is 16.9. The van der Waals surface area contributed by atoms with Crippen molar-refractivity contribution in [3.05, 3.63) is 33.0 Å². The molecule has 0 saturated heterocycles. The lowest BCUT2D eigenvalue weighted by molar-refractivity contribution is 1.44. The summed E-state index contributed by atoms with van der Waals surface area (Å²) in [4.78, 5) is 7.49. The van der Waals surface area contributed by atoms with E-state index in [1.165, 1.54) is 46.9 Å². The molecule has 0 spiro atoms. The first kappa shape index (κ1) is 16.0. The molecular formula is C18H14N2S4. The fourth-order valence-corrected chi connectivity index (χ4v) is 6.71. The summed E-state index contributed by atoms with van der Waals surface area (Å²) < 4.78 is 9.14. The van der Waals surface area contributed by atoms with Crippen LogP contribution in [0.5, 0.6) is 0 Å². The number of thiophene rings is 3. The quantitative estimate of drug-likeness (QED) is 0.325. The van der Waals surface area contributed by atoms with Gasteiger partial charge in [0.25, 0.3) is 0 Å². The minimum atomic E-state index is 1.03. The maximum Gasteiger partial charge on any atom is 0.124 e. The predicted molar refractivity (Wildman–Crippen MR) is 109 cm³/mol. The molecule has 0 bridgehead atoms. The zero-order chi connectivity index (χ0) is 16.8. The Balaban J connectivity index is 1.89. The Morgan fingerprint density at radius 1 is 0.833 bits per heavy atom. The Labute approximate surface area is 157 Å². The van der Waals surface area contributed by atoms with Crippen molar-refractivity contribution in [1.82, 2.24) is 0 Å². The van der Waals surface area contributed by atoms with Gasteiger partial charge in [-0.1, -0.05) is 5.92 Å². The van der Waals surface area contributed by atoms with Crippen LogP contribution in [0, 0.1) is 32.6 Å². The van der Waals surface area contributed by atoms with Gasteiger partial charge in [-0.3, -0.25) is 0 Å². The summed E-state index contributed by atoms with van der Waals surface area (Å²) in [6.07, 6.45) is 0. The third kappa shape index (κ3) is 2.52. The summed E-state index contributed by atoms with van der Waals surface area (Å²) in [5.41, 5.74) is 4.64. The first-order valence-electron chi connectivity index (χ1n) is 7.44. The van der Waals surface area contributed by atoms with E-state index < -0.39 is 0 Å². The number of aryl methyl sites for hydroxylation is 3. The van der Waals surface area contributed by atoms with Crippen LogP contribution in [0.4, 0.5) is 11.4 Å². The van der Waals surface area contributed by atoms with Gasteiger partial charge in [0.05, 0.1) is 26.0 Å². The van der Waals surface area contributed by atoms with Crippen molar-refractivity contribution < 1.29 is 0 Å². The zero-order valence-electron chi connectivity index (χ0n) is 13.7. The predicted octanol–water partition coefficient (Wildman–Crippen LogP) is 7.23. The first-order chi connectivity index (χ1) is 11.6. The minimum Gasteiger partial charge on any atom is -0.171 e. The SMILES string of the molecule is CC#Cc1sc(-c2sc(-c3cc(C)c(C)s3)c3c2N=S=N3)cc1C. The van der Waals surface area contributed by atoms with Gasteiger partial charge in [-0.25, -0.2) is 0 Å². The average molecular weight is 387 g/mol. The van der Waals surface area contributed by atoms with E-state index in [0.29, 0.717) is 0 Å². The Kier molecular flexibility index (Phi) is 4.05. The summed E-state index contributed by atoms with van der Waals surface area (Å²) in [5.74, 6) is 6.20. The Morgan fingerprint density at radius 3 is 2.04 bits per heavy atom. The number of hydrogen-bond donors (Lipinski definition) is 0. The van der Waals surface area contributed by atoms with Crippen molar-refractivity contribution >= 4 is 56.7 Å². The Bertz CT molecular complexity index is 1070. The molecule has 0 aromatic carbocycles. The van der Waals surface area contributed by atoms with Gasteiger partial charge in [-0.15, -0.1) is 39.9 Å². The summed E-state index contributed by atoms with van der Waals surface area (Å²) in [6, 6.07) is 4.49. The van der Waals surface area contributed by atoms with Crippen LogP contribution >= 0.6 is 34.0 Å². The van der Waals surface area contributed by atoms with Gasteiger partial charge in [0.15, 0.2) is 0 Å². The third-order valence-corrected chi connectivity index (χ3v) is 8.25. The van der Waals surface area contributed by atoms with Crippen LogP contribution in [-0.2, 0) is 11.4 Å². The molecule has 6 heteroatoms. The van der Waals surface area contributed by atoms with Gasteiger partial charge < -0.3 is 0 Å². The van der Waals surface area contributed by atoms with E-state index in [2.05, 4.69) is 53.5 Å². The molecule has 1 aliphatic rings. The van der Waals surface area contributed by atoms with Crippen molar-refractivity contribution in [2.24, 2.45) is 8.73 Å². The standard InChI is InChI=1S/C18H14N2S4/c1-5-6-12-10(3)8-14(22-12)18-16-15(19-24-20-16)17(23-18)13-7-9(2)11(4)21-13/h7-8H,1-4H3. The highest BCUT2D eigenvalue weighted by atomic mass is 32.1. The van der Waals surface area contributed by atoms with E-state index in [4.69, 9.17) is 0 Å². The summed E-state index contributed by atoms with van der Waals surface area (Å²) in [6.45, 7) is 8.34. The van der Waals surface area contributed by atoms with Crippen LogP contribution in [0.1, 0.15) is 27.8 Å². The topological polar surface area (TPSA) is 24.7 Å². The van der Waals surface area contributed by atoms with Gasteiger partial charge in [-0.05, 0) is 51.0 Å². The van der Waals surface area contributed by atoms with Crippen molar-refractivity contribution in [3.63, 3.8) is 0 Å². The molecule has 3 aromatic heterocycles. The molecule has 3 aromatic rings. The molecule has 0 N–H and O–H groups in total. The molecule has 4 heterocycles. The maximum absolute atomic E-state index is 4.57. The second-order valence-electron chi connectivity index (χ2n) is 5.57. The van der Waals surface area contributed by atoms with Crippen molar-refractivity contribution in [3.8, 4) is 31.3 Å². The normalized spacial score (nSPS) is 12.0.